The smallest absolute Gasteiger partial charge is 0.321 e. The van der Waals surface area contributed by atoms with Gasteiger partial charge in [-0.25, -0.2) is 0 Å². The van der Waals surface area contributed by atoms with Crippen LogP contribution < -0.4 is 10.1 Å². The molecule has 0 bridgehead atoms. The summed E-state index contributed by atoms with van der Waals surface area (Å²) in [5, 5.41) is 21.5. The summed E-state index contributed by atoms with van der Waals surface area (Å²) in [5.41, 5.74) is 0.907. The van der Waals surface area contributed by atoms with Crippen LogP contribution in [0.3, 0.4) is 0 Å². The number of aliphatic carboxylic acids is 1. The van der Waals surface area contributed by atoms with Gasteiger partial charge in [0, 0.05) is 5.75 Å². The normalized spacial score (nSPS) is 22.9. The molecule has 5 nitrogen and oxygen atoms in total. The van der Waals surface area contributed by atoms with Gasteiger partial charge in [0.15, 0.2) is 11.5 Å². The van der Waals surface area contributed by atoms with Crippen LogP contribution in [0.2, 0.25) is 0 Å². The molecule has 1 aliphatic heterocycles. The van der Waals surface area contributed by atoms with E-state index < -0.39 is 12.0 Å². The zero-order valence-electron chi connectivity index (χ0n) is 9.92. The Morgan fingerprint density at radius 3 is 3.00 bits per heavy atom. The van der Waals surface area contributed by atoms with Gasteiger partial charge >= 0.3 is 5.97 Å². The molecule has 0 saturated carbocycles. The first-order valence-corrected chi connectivity index (χ1v) is 6.73. The second-order valence-corrected chi connectivity index (χ2v) is 5.07. The molecule has 0 radical (unpaired) electrons. The number of carboxylic acids is 1. The molecule has 0 aromatic heterocycles. The first-order chi connectivity index (χ1) is 8.61. The standard InChI is InChI=1S/C12H15NO4S/c1-2-17-10-5-7(3-4-9(10)14)11-13-8(6-18-11)12(15)16/h3-5,8,11,13-14H,2,6H2,1H3,(H,15,16)/t8-,11?/m0/s1. The SMILES string of the molecule is CCOc1cc(C2N[C@H](C(=O)O)CS2)ccc1O. The predicted octanol–water partition coefficient (Wildman–Crippen LogP) is 1.58. The fourth-order valence-electron chi connectivity index (χ4n) is 1.77. The molecule has 1 aromatic carbocycles. The van der Waals surface area contributed by atoms with Crippen molar-refractivity contribution in [2.45, 2.75) is 18.3 Å². The van der Waals surface area contributed by atoms with Crippen molar-refractivity contribution in [3.8, 4) is 11.5 Å². The molecule has 0 spiro atoms. The number of thioether (sulfide) groups is 1. The summed E-state index contributed by atoms with van der Waals surface area (Å²) >= 11 is 1.54. The van der Waals surface area contributed by atoms with Crippen LogP contribution in [0, 0.1) is 0 Å². The third-order valence-corrected chi connectivity index (χ3v) is 3.93. The molecule has 1 saturated heterocycles. The van der Waals surface area contributed by atoms with Crippen molar-refractivity contribution in [2.24, 2.45) is 0 Å². The zero-order chi connectivity index (χ0) is 13.1. The van der Waals surface area contributed by atoms with Gasteiger partial charge in [-0.15, -0.1) is 11.8 Å². The van der Waals surface area contributed by atoms with Gasteiger partial charge in [-0.2, -0.15) is 0 Å². The summed E-state index contributed by atoms with van der Waals surface area (Å²) in [7, 11) is 0. The van der Waals surface area contributed by atoms with Gasteiger partial charge in [0.2, 0.25) is 0 Å². The van der Waals surface area contributed by atoms with Gasteiger partial charge in [-0.05, 0) is 24.6 Å². The Labute approximate surface area is 109 Å². The maximum atomic E-state index is 10.9. The summed E-state index contributed by atoms with van der Waals surface area (Å²) in [6, 6.07) is 4.56. The number of rotatable bonds is 4. The van der Waals surface area contributed by atoms with Crippen molar-refractivity contribution in [2.75, 3.05) is 12.4 Å². The molecule has 1 heterocycles. The topological polar surface area (TPSA) is 78.8 Å². The van der Waals surface area contributed by atoms with E-state index in [1.807, 2.05) is 6.92 Å². The number of phenols is 1. The van der Waals surface area contributed by atoms with E-state index in [0.717, 1.165) is 5.56 Å². The number of nitrogens with one attached hydrogen (secondary N) is 1. The van der Waals surface area contributed by atoms with Crippen LogP contribution in [0.25, 0.3) is 0 Å². The number of hydrogen-bond donors (Lipinski definition) is 3. The van der Waals surface area contributed by atoms with E-state index in [0.29, 0.717) is 18.1 Å². The Hall–Kier alpha value is -1.40. The highest BCUT2D eigenvalue weighted by Crippen LogP contribution is 2.37. The summed E-state index contributed by atoms with van der Waals surface area (Å²) in [4.78, 5) is 10.9. The average molecular weight is 269 g/mol. The lowest BCUT2D eigenvalue weighted by molar-refractivity contribution is -0.138. The van der Waals surface area contributed by atoms with Crippen LogP contribution in [0.4, 0.5) is 0 Å². The quantitative estimate of drug-likeness (QED) is 0.770. The van der Waals surface area contributed by atoms with Crippen LogP contribution in [-0.2, 0) is 4.79 Å². The zero-order valence-corrected chi connectivity index (χ0v) is 10.7. The molecule has 1 fully saturated rings. The molecule has 1 aromatic rings. The van der Waals surface area contributed by atoms with Gasteiger partial charge in [0.05, 0.1) is 12.0 Å². The van der Waals surface area contributed by atoms with Crippen LogP contribution in [0.15, 0.2) is 18.2 Å². The lowest BCUT2D eigenvalue weighted by Gasteiger charge is -2.13. The van der Waals surface area contributed by atoms with Gasteiger partial charge in [0.1, 0.15) is 6.04 Å². The fraction of sp³-hybridized carbons (Fsp3) is 0.417. The molecule has 0 aliphatic carbocycles. The number of hydrogen-bond acceptors (Lipinski definition) is 5. The Kier molecular flexibility index (Phi) is 3.98. The Morgan fingerprint density at radius 1 is 1.61 bits per heavy atom. The van der Waals surface area contributed by atoms with E-state index in [-0.39, 0.29) is 11.1 Å². The molecule has 18 heavy (non-hydrogen) atoms. The summed E-state index contributed by atoms with van der Waals surface area (Å²) in [5.74, 6) is 0.216. The lowest BCUT2D eigenvalue weighted by atomic mass is 10.2. The molecule has 2 rings (SSSR count). The first-order valence-electron chi connectivity index (χ1n) is 5.68. The maximum absolute atomic E-state index is 10.9. The Morgan fingerprint density at radius 2 is 2.39 bits per heavy atom. The van der Waals surface area contributed by atoms with Crippen molar-refractivity contribution in [3.63, 3.8) is 0 Å². The first kappa shape index (κ1) is 13.0. The van der Waals surface area contributed by atoms with Gasteiger partial charge in [0.25, 0.3) is 0 Å². The number of phenolic OH excluding ortho intramolecular Hbond substituents is 1. The van der Waals surface area contributed by atoms with E-state index in [4.69, 9.17) is 9.84 Å². The van der Waals surface area contributed by atoms with Crippen molar-refractivity contribution in [1.82, 2.24) is 5.32 Å². The van der Waals surface area contributed by atoms with Crippen LogP contribution in [0.5, 0.6) is 11.5 Å². The van der Waals surface area contributed by atoms with Crippen LogP contribution in [0.1, 0.15) is 17.9 Å². The number of benzene rings is 1. The number of carbonyl (C=O) groups is 1. The van der Waals surface area contributed by atoms with Crippen molar-refractivity contribution in [1.29, 1.82) is 0 Å². The molecular weight excluding hydrogens is 254 g/mol. The molecular formula is C12H15NO4S. The Bertz CT molecular complexity index is 452. The van der Waals surface area contributed by atoms with Crippen molar-refractivity contribution in [3.05, 3.63) is 23.8 Å². The predicted molar refractivity (Wildman–Crippen MR) is 69.0 cm³/mol. The largest absolute Gasteiger partial charge is 0.504 e. The minimum Gasteiger partial charge on any atom is -0.504 e. The van der Waals surface area contributed by atoms with E-state index in [2.05, 4.69) is 5.32 Å². The van der Waals surface area contributed by atoms with Gasteiger partial charge in [-0.3, -0.25) is 10.1 Å². The lowest BCUT2D eigenvalue weighted by Crippen LogP contribution is -2.33. The van der Waals surface area contributed by atoms with Crippen molar-refractivity contribution >= 4 is 17.7 Å². The number of aromatic hydroxyl groups is 1. The van der Waals surface area contributed by atoms with E-state index in [9.17, 15) is 9.90 Å². The van der Waals surface area contributed by atoms with Crippen molar-refractivity contribution < 1.29 is 19.7 Å². The maximum Gasteiger partial charge on any atom is 0.321 e. The fourth-order valence-corrected chi connectivity index (χ4v) is 2.99. The average Bonchev–Trinajstić information content (AvgIpc) is 2.82. The summed E-state index contributed by atoms with van der Waals surface area (Å²) < 4.78 is 5.31. The van der Waals surface area contributed by atoms with Gasteiger partial charge in [-0.1, -0.05) is 6.07 Å². The highest BCUT2D eigenvalue weighted by molar-refractivity contribution is 7.99. The minimum absolute atomic E-state index is 0.0779. The second-order valence-electron chi connectivity index (χ2n) is 3.93. The van der Waals surface area contributed by atoms with E-state index in [1.54, 1.807) is 18.2 Å². The van der Waals surface area contributed by atoms with E-state index in [1.165, 1.54) is 11.8 Å². The van der Waals surface area contributed by atoms with E-state index >= 15 is 0 Å². The number of carboxylic acid groups (broad SMARTS) is 1. The molecule has 1 unspecified atom stereocenters. The highest BCUT2D eigenvalue weighted by Gasteiger charge is 2.30. The highest BCUT2D eigenvalue weighted by atomic mass is 32.2. The summed E-state index contributed by atoms with van der Waals surface area (Å²) in [6.07, 6.45) is 0. The number of ether oxygens (including phenoxy) is 1. The molecule has 1 aliphatic rings. The second kappa shape index (κ2) is 5.49. The third-order valence-electron chi connectivity index (χ3n) is 2.67. The molecule has 3 N–H and O–H groups in total. The molecule has 2 atom stereocenters. The third kappa shape index (κ3) is 2.70. The summed E-state index contributed by atoms with van der Waals surface area (Å²) in [6.45, 7) is 2.31. The van der Waals surface area contributed by atoms with Gasteiger partial charge < -0.3 is 14.9 Å². The molecule has 98 valence electrons. The Balaban J connectivity index is 2.14. The molecule has 0 amide bonds. The monoisotopic (exact) mass is 269 g/mol. The van der Waals surface area contributed by atoms with Crippen LogP contribution in [-0.4, -0.2) is 34.6 Å². The minimum atomic E-state index is -0.839. The molecule has 6 heteroatoms. The van der Waals surface area contributed by atoms with Crippen LogP contribution >= 0.6 is 11.8 Å².